The van der Waals surface area contributed by atoms with Crippen LogP contribution < -0.4 is 0 Å². The topological polar surface area (TPSA) is 50.1 Å². The van der Waals surface area contributed by atoms with E-state index in [4.69, 9.17) is 10.00 Å². The van der Waals surface area contributed by atoms with Crippen molar-refractivity contribution in [2.24, 2.45) is 5.41 Å². The molecule has 3 nitrogen and oxygen atoms in total. The first-order chi connectivity index (χ1) is 7.25. The van der Waals surface area contributed by atoms with Gasteiger partial charge < -0.3 is 4.74 Å². The highest BCUT2D eigenvalue weighted by Crippen LogP contribution is 2.35. The lowest BCUT2D eigenvalue weighted by molar-refractivity contribution is -0.129. The van der Waals surface area contributed by atoms with Gasteiger partial charge >= 0.3 is 0 Å². The molecule has 0 spiro atoms. The van der Waals surface area contributed by atoms with E-state index in [1.807, 2.05) is 6.92 Å². The number of ether oxygens (including phenoxy) is 1. The fraction of sp³-hybridized carbons (Fsp3) is 0.833. The Bertz CT molecular complexity index is 257. The minimum absolute atomic E-state index is 0.122. The first kappa shape index (κ1) is 12.2. The van der Waals surface area contributed by atoms with Gasteiger partial charge in [0.15, 0.2) is 5.78 Å². The van der Waals surface area contributed by atoms with Crippen molar-refractivity contribution >= 4 is 5.78 Å². The number of carbonyl (C=O) groups excluding carboxylic acids is 1. The molecule has 15 heavy (non-hydrogen) atoms. The first-order valence-corrected chi connectivity index (χ1v) is 5.77. The van der Waals surface area contributed by atoms with Gasteiger partial charge in [-0.05, 0) is 25.7 Å². The standard InChI is InChI=1S/C12H19NO2/c1-2-8-15-9-7-12(10-13)6-4-3-5-11(12)14/h2-9H2,1H3. The van der Waals surface area contributed by atoms with Crippen LogP contribution in [0.15, 0.2) is 0 Å². The highest BCUT2D eigenvalue weighted by atomic mass is 16.5. The predicted octanol–water partition coefficient (Wildman–Crippen LogP) is 2.46. The van der Waals surface area contributed by atoms with Crippen LogP contribution in [0.5, 0.6) is 0 Å². The number of nitrogens with zero attached hydrogens (tertiary/aromatic N) is 1. The summed E-state index contributed by atoms with van der Waals surface area (Å²) < 4.78 is 5.36. The van der Waals surface area contributed by atoms with Crippen LogP contribution in [0.2, 0.25) is 0 Å². The molecule has 1 saturated carbocycles. The van der Waals surface area contributed by atoms with Gasteiger partial charge in [0.1, 0.15) is 5.41 Å². The molecule has 84 valence electrons. The summed E-state index contributed by atoms with van der Waals surface area (Å²) in [7, 11) is 0. The molecule has 1 aliphatic carbocycles. The number of ketones is 1. The summed E-state index contributed by atoms with van der Waals surface area (Å²) in [5.41, 5.74) is -0.730. The summed E-state index contributed by atoms with van der Waals surface area (Å²) in [6.07, 6.45) is 4.78. The number of carbonyl (C=O) groups is 1. The Morgan fingerprint density at radius 2 is 2.27 bits per heavy atom. The van der Waals surface area contributed by atoms with E-state index in [0.717, 1.165) is 32.3 Å². The van der Waals surface area contributed by atoms with Gasteiger partial charge in [0.05, 0.1) is 6.07 Å². The van der Waals surface area contributed by atoms with Crippen LogP contribution in [-0.4, -0.2) is 19.0 Å². The Morgan fingerprint density at radius 3 is 2.87 bits per heavy atom. The Kier molecular flexibility index (Phi) is 4.77. The third kappa shape index (κ3) is 3.04. The summed E-state index contributed by atoms with van der Waals surface area (Å²) in [5.74, 6) is 0.122. The molecule has 1 atom stereocenters. The van der Waals surface area contributed by atoms with Crippen molar-refractivity contribution < 1.29 is 9.53 Å². The van der Waals surface area contributed by atoms with Gasteiger partial charge in [0.25, 0.3) is 0 Å². The molecular weight excluding hydrogens is 190 g/mol. The summed E-state index contributed by atoms with van der Waals surface area (Å²) in [6, 6.07) is 2.21. The van der Waals surface area contributed by atoms with Crippen LogP contribution >= 0.6 is 0 Å². The van der Waals surface area contributed by atoms with E-state index in [1.54, 1.807) is 0 Å². The average Bonchev–Trinajstić information content (AvgIpc) is 2.27. The molecule has 0 aromatic heterocycles. The maximum Gasteiger partial charge on any atom is 0.153 e. The third-order valence-electron chi connectivity index (χ3n) is 3.03. The highest BCUT2D eigenvalue weighted by Gasteiger charge is 2.39. The molecule has 0 radical (unpaired) electrons. The van der Waals surface area contributed by atoms with E-state index in [0.29, 0.717) is 19.4 Å². The molecule has 0 aliphatic heterocycles. The number of Topliss-reactive ketones (excluding diaryl/α,β-unsaturated/α-hetero) is 1. The molecule has 1 rings (SSSR count). The second-order valence-electron chi connectivity index (χ2n) is 4.19. The van der Waals surface area contributed by atoms with E-state index in [9.17, 15) is 4.79 Å². The number of rotatable bonds is 5. The van der Waals surface area contributed by atoms with Crippen LogP contribution in [0.3, 0.4) is 0 Å². The van der Waals surface area contributed by atoms with Crippen molar-refractivity contribution in [1.29, 1.82) is 5.26 Å². The molecule has 1 unspecified atom stereocenters. The summed E-state index contributed by atoms with van der Waals surface area (Å²) in [6.45, 7) is 3.30. The van der Waals surface area contributed by atoms with Crippen LogP contribution in [-0.2, 0) is 9.53 Å². The smallest absolute Gasteiger partial charge is 0.153 e. The lowest BCUT2D eigenvalue weighted by Gasteiger charge is -2.28. The van der Waals surface area contributed by atoms with E-state index in [2.05, 4.69) is 6.07 Å². The predicted molar refractivity (Wildman–Crippen MR) is 57.2 cm³/mol. The van der Waals surface area contributed by atoms with Gasteiger partial charge in [0, 0.05) is 19.6 Å². The van der Waals surface area contributed by atoms with E-state index in [1.165, 1.54) is 0 Å². The molecule has 0 aromatic rings. The fourth-order valence-corrected chi connectivity index (χ4v) is 2.02. The van der Waals surface area contributed by atoms with Crippen LogP contribution in [0, 0.1) is 16.7 Å². The Morgan fingerprint density at radius 1 is 1.47 bits per heavy atom. The molecule has 1 fully saturated rings. The maximum absolute atomic E-state index is 11.7. The molecule has 0 aromatic carbocycles. The summed E-state index contributed by atoms with van der Waals surface area (Å²) >= 11 is 0. The summed E-state index contributed by atoms with van der Waals surface area (Å²) in [4.78, 5) is 11.7. The minimum Gasteiger partial charge on any atom is -0.381 e. The van der Waals surface area contributed by atoms with Crippen molar-refractivity contribution in [3.63, 3.8) is 0 Å². The van der Waals surface area contributed by atoms with Gasteiger partial charge in [-0.3, -0.25) is 4.79 Å². The Balaban J connectivity index is 2.45. The zero-order chi connectivity index (χ0) is 11.1. The second kappa shape index (κ2) is 5.87. The largest absolute Gasteiger partial charge is 0.381 e. The van der Waals surface area contributed by atoms with E-state index >= 15 is 0 Å². The van der Waals surface area contributed by atoms with Crippen molar-refractivity contribution in [2.75, 3.05) is 13.2 Å². The Hall–Kier alpha value is -0.880. The lowest BCUT2D eigenvalue weighted by atomic mass is 9.72. The van der Waals surface area contributed by atoms with Crippen LogP contribution in [0.4, 0.5) is 0 Å². The van der Waals surface area contributed by atoms with Gasteiger partial charge in [-0.1, -0.05) is 13.3 Å². The van der Waals surface area contributed by atoms with Crippen molar-refractivity contribution in [3.8, 4) is 6.07 Å². The normalized spacial score (nSPS) is 26.3. The van der Waals surface area contributed by atoms with Crippen molar-refractivity contribution in [3.05, 3.63) is 0 Å². The third-order valence-corrected chi connectivity index (χ3v) is 3.03. The molecular formula is C12H19NO2. The maximum atomic E-state index is 11.7. The number of nitriles is 1. The van der Waals surface area contributed by atoms with Gasteiger partial charge in [-0.15, -0.1) is 0 Å². The molecule has 0 bridgehead atoms. The Labute approximate surface area is 91.4 Å². The first-order valence-electron chi connectivity index (χ1n) is 5.77. The zero-order valence-electron chi connectivity index (χ0n) is 9.42. The van der Waals surface area contributed by atoms with E-state index < -0.39 is 5.41 Å². The number of hydrogen-bond donors (Lipinski definition) is 0. The molecule has 0 saturated heterocycles. The van der Waals surface area contributed by atoms with Gasteiger partial charge in [-0.2, -0.15) is 5.26 Å². The monoisotopic (exact) mass is 209 g/mol. The van der Waals surface area contributed by atoms with Crippen molar-refractivity contribution in [2.45, 2.75) is 45.4 Å². The lowest BCUT2D eigenvalue weighted by Crippen LogP contribution is -2.34. The molecule has 0 heterocycles. The van der Waals surface area contributed by atoms with Gasteiger partial charge in [0.2, 0.25) is 0 Å². The number of hydrogen-bond acceptors (Lipinski definition) is 3. The highest BCUT2D eigenvalue weighted by molar-refractivity contribution is 5.88. The SMILES string of the molecule is CCCOCCC1(C#N)CCCCC1=O. The fourth-order valence-electron chi connectivity index (χ4n) is 2.02. The molecule has 0 amide bonds. The van der Waals surface area contributed by atoms with Crippen LogP contribution in [0.1, 0.15) is 45.4 Å². The summed E-state index contributed by atoms with van der Waals surface area (Å²) in [5, 5.41) is 9.14. The quantitative estimate of drug-likeness (QED) is 0.653. The van der Waals surface area contributed by atoms with Crippen molar-refractivity contribution in [1.82, 2.24) is 0 Å². The van der Waals surface area contributed by atoms with Crippen LogP contribution in [0.25, 0.3) is 0 Å². The van der Waals surface area contributed by atoms with Gasteiger partial charge in [-0.25, -0.2) is 0 Å². The molecule has 3 heteroatoms. The zero-order valence-corrected chi connectivity index (χ0v) is 9.42. The van der Waals surface area contributed by atoms with E-state index in [-0.39, 0.29) is 5.78 Å². The second-order valence-corrected chi connectivity index (χ2v) is 4.19. The minimum atomic E-state index is -0.730. The molecule has 0 N–H and O–H groups in total. The molecule has 1 aliphatic rings. The average molecular weight is 209 g/mol.